The molecule has 0 spiro atoms. The summed E-state index contributed by atoms with van der Waals surface area (Å²) in [4.78, 5) is 72.4. The van der Waals surface area contributed by atoms with Crippen molar-refractivity contribution in [3.8, 4) is 0 Å². The summed E-state index contributed by atoms with van der Waals surface area (Å²) in [5.41, 5.74) is 0. The SMILES string of the molecule is CCCCCCCCCCCCCCCCC(=O)OC[C@H](COP(=O)(O)OC[C@@H](O)COP(=O)(O)OC[C@@H](COC(=O)CCCCCCCCC)OC(=O)CCCCCCCCCCC(C)C)OC(=O)CCCCCCCCCCCCCCCC(C)C. The van der Waals surface area contributed by atoms with Crippen LogP contribution in [0.15, 0.2) is 0 Å². The van der Waals surface area contributed by atoms with Gasteiger partial charge in [-0.2, -0.15) is 0 Å². The highest BCUT2D eigenvalue weighted by Crippen LogP contribution is 2.45. The molecule has 0 rings (SSSR count). The van der Waals surface area contributed by atoms with Gasteiger partial charge in [0.05, 0.1) is 26.4 Å². The lowest BCUT2D eigenvalue weighted by atomic mass is 10.0. The zero-order chi connectivity index (χ0) is 65.0. The van der Waals surface area contributed by atoms with Crippen molar-refractivity contribution in [3.63, 3.8) is 0 Å². The molecule has 5 atom stereocenters. The van der Waals surface area contributed by atoms with Gasteiger partial charge < -0.3 is 33.8 Å². The third kappa shape index (κ3) is 62.8. The molecule has 3 N–H and O–H groups in total. The van der Waals surface area contributed by atoms with Crippen LogP contribution in [0.5, 0.6) is 0 Å². The quantitative estimate of drug-likeness (QED) is 0.0222. The third-order valence-electron chi connectivity index (χ3n) is 16.0. The van der Waals surface area contributed by atoms with E-state index in [1.54, 1.807) is 0 Å². The second-order valence-corrected chi connectivity index (χ2v) is 28.8. The molecule has 0 saturated heterocycles. The van der Waals surface area contributed by atoms with Crippen LogP contribution in [0.4, 0.5) is 0 Å². The molecule has 0 aliphatic rings. The van der Waals surface area contributed by atoms with Crippen molar-refractivity contribution in [1.82, 2.24) is 0 Å². The smallest absolute Gasteiger partial charge is 0.462 e. The summed E-state index contributed by atoms with van der Waals surface area (Å²) in [6, 6.07) is 0. The topological polar surface area (TPSA) is 237 Å². The summed E-state index contributed by atoms with van der Waals surface area (Å²) in [6.45, 7) is 9.48. The summed E-state index contributed by atoms with van der Waals surface area (Å²) in [5, 5.41) is 10.6. The van der Waals surface area contributed by atoms with Crippen LogP contribution in [0.25, 0.3) is 0 Å². The van der Waals surface area contributed by atoms with E-state index in [4.69, 9.17) is 37.0 Å². The molecule has 0 aromatic rings. The number of unbranched alkanes of at least 4 members (excludes halogenated alkanes) is 38. The molecule has 0 fully saturated rings. The Morgan fingerprint density at radius 1 is 0.307 bits per heavy atom. The number of carbonyl (C=O) groups is 4. The van der Waals surface area contributed by atoms with Crippen LogP contribution in [0.2, 0.25) is 0 Å². The molecule has 0 heterocycles. The first-order valence-electron chi connectivity index (χ1n) is 36.0. The van der Waals surface area contributed by atoms with Crippen LogP contribution in [-0.2, 0) is 65.4 Å². The lowest BCUT2D eigenvalue weighted by Crippen LogP contribution is -2.30. The average Bonchev–Trinajstić information content (AvgIpc) is 3.59. The number of ether oxygens (including phenoxy) is 4. The fourth-order valence-electron chi connectivity index (χ4n) is 10.4. The van der Waals surface area contributed by atoms with Gasteiger partial charge in [-0.25, -0.2) is 9.13 Å². The molecule has 0 aromatic heterocycles. The molecular formula is C69H134O17P2. The van der Waals surface area contributed by atoms with E-state index < -0.39 is 97.5 Å². The molecular weight excluding hydrogens is 1160 g/mol. The first-order valence-corrected chi connectivity index (χ1v) is 39.0. The van der Waals surface area contributed by atoms with Gasteiger partial charge in [0.15, 0.2) is 12.2 Å². The highest BCUT2D eigenvalue weighted by atomic mass is 31.2. The zero-order valence-electron chi connectivity index (χ0n) is 57.0. The number of aliphatic hydroxyl groups excluding tert-OH is 1. The number of hydrogen-bond donors (Lipinski definition) is 3. The molecule has 0 amide bonds. The van der Waals surface area contributed by atoms with Gasteiger partial charge in [-0.1, -0.05) is 298 Å². The van der Waals surface area contributed by atoms with Crippen molar-refractivity contribution in [3.05, 3.63) is 0 Å². The minimum Gasteiger partial charge on any atom is -0.462 e. The van der Waals surface area contributed by atoms with Crippen molar-refractivity contribution >= 4 is 39.5 Å². The summed E-state index contributed by atoms with van der Waals surface area (Å²) in [6.07, 6.45) is 45.9. The number of phosphoric ester groups is 2. The third-order valence-corrected chi connectivity index (χ3v) is 17.9. The predicted molar refractivity (Wildman–Crippen MR) is 354 cm³/mol. The molecule has 522 valence electrons. The second-order valence-electron chi connectivity index (χ2n) is 25.9. The molecule has 19 heteroatoms. The Labute approximate surface area is 537 Å². The molecule has 0 aliphatic carbocycles. The van der Waals surface area contributed by atoms with Gasteiger partial charge in [-0.05, 0) is 37.5 Å². The highest BCUT2D eigenvalue weighted by molar-refractivity contribution is 7.47. The maximum atomic E-state index is 13.0. The van der Waals surface area contributed by atoms with Gasteiger partial charge in [0.1, 0.15) is 19.3 Å². The van der Waals surface area contributed by atoms with E-state index in [0.717, 1.165) is 115 Å². The Morgan fingerprint density at radius 2 is 0.523 bits per heavy atom. The fraction of sp³-hybridized carbons (Fsp3) is 0.942. The van der Waals surface area contributed by atoms with Crippen LogP contribution in [0, 0.1) is 11.8 Å². The van der Waals surface area contributed by atoms with E-state index in [0.29, 0.717) is 25.7 Å². The maximum absolute atomic E-state index is 13.0. The Morgan fingerprint density at radius 3 is 0.773 bits per heavy atom. The normalized spacial score (nSPS) is 14.2. The van der Waals surface area contributed by atoms with Gasteiger partial charge in [-0.15, -0.1) is 0 Å². The van der Waals surface area contributed by atoms with Crippen molar-refractivity contribution in [1.29, 1.82) is 0 Å². The average molecular weight is 1300 g/mol. The monoisotopic (exact) mass is 1300 g/mol. The molecule has 0 aromatic carbocycles. The largest absolute Gasteiger partial charge is 0.472 e. The summed E-state index contributed by atoms with van der Waals surface area (Å²) < 4.78 is 68.1. The standard InChI is InChI=1S/C69H134O17P2/c1-7-9-11-13-15-16-17-18-21-24-27-34-40-46-52-67(72)80-58-65(85-68(73)53-47-41-35-28-25-22-19-20-23-26-32-37-43-49-61(3)4)60-84-88(77,78)82-56-63(70)55-81-87(75,76)83-59-64(57-79-66(71)51-45-39-31-14-12-10-8-2)86-69(74)54-48-42-36-30-29-33-38-44-50-62(5)6/h61-65,70H,7-60H2,1-6H3,(H,75,76)(H,77,78)/t63-,64+,65+/m0/s1. The highest BCUT2D eigenvalue weighted by Gasteiger charge is 2.30. The van der Waals surface area contributed by atoms with E-state index in [1.165, 1.54) is 154 Å². The molecule has 88 heavy (non-hydrogen) atoms. The van der Waals surface area contributed by atoms with Crippen molar-refractivity contribution < 1.29 is 80.2 Å². The molecule has 2 unspecified atom stereocenters. The zero-order valence-corrected chi connectivity index (χ0v) is 58.8. The van der Waals surface area contributed by atoms with Gasteiger partial charge in [0.2, 0.25) is 0 Å². The van der Waals surface area contributed by atoms with E-state index in [9.17, 15) is 43.2 Å². The van der Waals surface area contributed by atoms with Crippen LogP contribution in [-0.4, -0.2) is 96.7 Å². The molecule has 0 saturated carbocycles. The lowest BCUT2D eigenvalue weighted by Gasteiger charge is -2.21. The Kier molecular flexibility index (Phi) is 59.9. The summed E-state index contributed by atoms with van der Waals surface area (Å²) >= 11 is 0. The van der Waals surface area contributed by atoms with Crippen LogP contribution >= 0.6 is 15.6 Å². The summed E-state index contributed by atoms with van der Waals surface area (Å²) in [7, 11) is -9.89. The predicted octanol–water partition coefficient (Wildman–Crippen LogP) is 19.6. The Balaban J connectivity index is 5.21. The van der Waals surface area contributed by atoms with Gasteiger partial charge in [0, 0.05) is 25.7 Å². The number of phosphoric acid groups is 2. The van der Waals surface area contributed by atoms with Crippen molar-refractivity contribution in [2.45, 2.75) is 368 Å². The Bertz CT molecular complexity index is 1720. The minimum absolute atomic E-state index is 0.104. The van der Waals surface area contributed by atoms with E-state index in [-0.39, 0.29) is 25.7 Å². The van der Waals surface area contributed by atoms with Gasteiger partial charge in [0.25, 0.3) is 0 Å². The van der Waals surface area contributed by atoms with Crippen LogP contribution < -0.4 is 0 Å². The fourth-order valence-corrected chi connectivity index (χ4v) is 12.0. The van der Waals surface area contributed by atoms with Gasteiger partial charge >= 0.3 is 39.5 Å². The van der Waals surface area contributed by atoms with E-state index in [1.807, 2.05) is 0 Å². The lowest BCUT2D eigenvalue weighted by molar-refractivity contribution is -0.161. The van der Waals surface area contributed by atoms with Crippen LogP contribution in [0.1, 0.15) is 350 Å². The Hall–Kier alpha value is -1.94. The maximum Gasteiger partial charge on any atom is 0.472 e. The summed E-state index contributed by atoms with van der Waals surface area (Å²) in [5.74, 6) is -0.625. The first kappa shape index (κ1) is 86.1. The minimum atomic E-state index is -4.95. The number of rotatable bonds is 68. The molecule has 0 radical (unpaired) electrons. The second kappa shape index (κ2) is 61.3. The van der Waals surface area contributed by atoms with Crippen molar-refractivity contribution in [2.75, 3.05) is 39.6 Å². The molecule has 0 bridgehead atoms. The molecule has 0 aliphatic heterocycles. The number of hydrogen-bond acceptors (Lipinski definition) is 15. The van der Waals surface area contributed by atoms with Gasteiger partial charge in [-0.3, -0.25) is 37.3 Å². The number of aliphatic hydroxyl groups is 1. The van der Waals surface area contributed by atoms with Crippen molar-refractivity contribution in [2.24, 2.45) is 11.8 Å². The van der Waals surface area contributed by atoms with E-state index >= 15 is 0 Å². The van der Waals surface area contributed by atoms with Crippen LogP contribution in [0.3, 0.4) is 0 Å². The van der Waals surface area contributed by atoms with E-state index in [2.05, 4.69) is 41.5 Å². The number of carbonyl (C=O) groups excluding carboxylic acids is 4. The number of esters is 4. The first-order chi connectivity index (χ1) is 42.4. The molecule has 17 nitrogen and oxygen atoms in total.